The predicted molar refractivity (Wildman–Crippen MR) is 111 cm³/mol. The number of carbonyl (C=O) groups is 3. The summed E-state index contributed by atoms with van der Waals surface area (Å²) in [6.45, 7) is 7.88. The van der Waals surface area contributed by atoms with Gasteiger partial charge in [-0.15, -0.1) is 0 Å². The average molecular weight is 418 g/mol. The molecule has 0 aromatic heterocycles. The van der Waals surface area contributed by atoms with Crippen LogP contribution in [0.2, 0.25) is 0 Å². The first kappa shape index (κ1) is 21.9. The second kappa shape index (κ2) is 8.93. The Labute approximate surface area is 177 Å². The Kier molecular flexibility index (Phi) is 6.53. The minimum absolute atomic E-state index is 0.0338. The van der Waals surface area contributed by atoms with Crippen molar-refractivity contribution in [3.63, 3.8) is 0 Å². The molecule has 3 amide bonds. The third kappa shape index (κ3) is 5.04. The van der Waals surface area contributed by atoms with Gasteiger partial charge in [0.15, 0.2) is 0 Å². The lowest BCUT2D eigenvalue weighted by Gasteiger charge is -2.42. The summed E-state index contributed by atoms with van der Waals surface area (Å²) in [6.07, 6.45) is 0.959. The zero-order valence-corrected chi connectivity index (χ0v) is 18.2. The molecule has 8 heteroatoms. The molecule has 2 aliphatic heterocycles. The van der Waals surface area contributed by atoms with E-state index in [0.717, 1.165) is 5.56 Å². The maximum Gasteiger partial charge on any atom is 0.410 e. The molecule has 0 unspecified atom stereocenters. The lowest BCUT2D eigenvalue weighted by Crippen LogP contribution is -2.59. The minimum atomic E-state index is -0.534. The molecule has 0 saturated carbocycles. The Morgan fingerprint density at radius 3 is 2.33 bits per heavy atom. The molecule has 0 aliphatic carbocycles. The van der Waals surface area contributed by atoms with Crippen molar-refractivity contribution in [2.45, 2.75) is 51.8 Å². The number of piperidine rings is 1. The van der Waals surface area contributed by atoms with E-state index in [9.17, 15) is 14.4 Å². The summed E-state index contributed by atoms with van der Waals surface area (Å²) in [4.78, 5) is 42.7. The number of benzene rings is 1. The summed E-state index contributed by atoms with van der Waals surface area (Å²) >= 11 is 0. The van der Waals surface area contributed by atoms with Crippen molar-refractivity contribution < 1.29 is 23.9 Å². The third-order valence-corrected chi connectivity index (χ3v) is 5.45. The third-order valence-electron chi connectivity index (χ3n) is 5.45. The SMILES string of the molecule is COc1ccccc1CN1CCN(C2CCN(C(=O)OC(C)(C)C)CC2)C(=O)C1=O. The van der Waals surface area contributed by atoms with Gasteiger partial charge in [0, 0.05) is 44.3 Å². The van der Waals surface area contributed by atoms with Crippen molar-refractivity contribution >= 4 is 17.9 Å². The molecule has 0 spiro atoms. The van der Waals surface area contributed by atoms with E-state index in [2.05, 4.69) is 0 Å². The molecule has 2 aliphatic rings. The highest BCUT2D eigenvalue weighted by Crippen LogP contribution is 2.24. The number of methoxy groups -OCH3 is 1. The molecule has 8 nitrogen and oxygen atoms in total. The smallest absolute Gasteiger partial charge is 0.410 e. The Morgan fingerprint density at radius 1 is 1.03 bits per heavy atom. The van der Waals surface area contributed by atoms with Crippen LogP contribution in [0.15, 0.2) is 24.3 Å². The fourth-order valence-electron chi connectivity index (χ4n) is 3.91. The van der Waals surface area contributed by atoms with Gasteiger partial charge in [0.25, 0.3) is 0 Å². The van der Waals surface area contributed by atoms with Crippen LogP contribution in [0.3, 0.4) is 0 Å². The molecule has 0 N–H and O–H groups in total. The highest BCUT2D eigenvalue weighted by molar-refractivity contribution is 6.35. The van der Waals surface area contributed by atoms with Crippen LogP contribution in [-0.2, 0) is 20.9 Å². The van der Waals surface area contributed by atoms with E-state index >= 15 is 0 Å². The Morgan fingerprint density at radius 2 is 1.70 bits per heavy atom. The van der Waals surface area contributed by atoms with Gasteiger partial charge in [-0.2, -0.15) is 0 Å². The summed E-state index contributed by atoms with van der Waals surface area (Å²) in [5.74, 6) is -0.247. The number of hydrogen-bond acceptors (Lipinski definition) is 5. The van der Waals surface area contributed by atoms with Crippen LogP contribution in [0, 0.1) is 0 Å². The van der Waals surface area contributed by atoms with E-state index in [0.29, 0.717) is 51.3 Å². The first-order chi connectivity index (χ1) is 14.2. The maximum absolute atomic E-state index is 12.8. The predicted octanol–water partition coefficient (Wildman–Crippen LogP) is 2.27. The molecule has 0 atom stereocenters. The van der Waals surface area contributed by atoms with Gasteiger partial charge in [-0.05, 0) is 39.7 Å². The van der Waals surface area contributed by atoms with Gasteiger partial charge in [-0.1, -0.05) is 18.2 Å². The number of carbonyl (C=O) groups excluding carboxylic acids is 3. The lowest BCUT2D eigenvalue weighted by atomic mass is 10.0. The van der Waals surface area contributed by atoms with E-state index in [1.807, 2.05) is 45.0 Å². The van der Waals surface area contributed by atoms with Gasteiger partial charge in [0.1, 0.15) is 11.4 Å². The van der Waals surface area contributed by atoms with Gasteiger partial charge in [-0.3, -0.25) is 9.59 Å². The Bertz CT molecular complexity index is 796. The fourth-order valence-corrected chi connectivity index (χ4v) is 3.91. The summed E-state index contributed by atoms with van der Waals surface area (Å²) < 4.78 is 10.8. The maximum atomic E-state index is 12.8. The van der Waals surface area contributed by atoms with Gasteiger partial charge in [0.05, 0.1) is 7.11 Å². The molecule has 0 bridgehead atoms. The van der Waals surface area contributed by atoms with Crippen LogP contribution in [-0.4, -0.2) is 77.5 Å². The molecule has 2 saturated heterocycles. The van der Waals surface area contributed by atoms with Crippen molar-refractivity contribution in [3.8, 4) is 5.75 Å². The van der Waals surface area contributed by atoms with E-state index < -0.39 is 17.4 Å². The van der Waals surface area contributed by atoms with Crippen molar-refractivity contribution in [2.75, 3.05) is 33.3 Å². The fraction of sp³-hybridized carbons (Fsp3) is 0.591. The molecule has 0 radical (unpaired) electrons. The number of piperazine rings is 1. The normalized spacial score (nSPS) is 18.6. The first-order valence-corrected chi connectivity index (χ1v) is 10.4. The molecule has 30 heavy (non-hydrogen) atoms. The summed E-state index contributed by atoms with van der Waals surface area (Å²) in [5, 5.41) is 0. The van der Waals surface area contributed by atoms with Crippen molar-refractivity contribution in [2.24, 2.45) is 0 Å². The molecule has 3 rings (SSSR count). The largest absolute Gasteiger partial charge is 0.496 e. The van der Waals surface area contributed by atoms with Gasteiger partial charge in [-0.25, -0.2) is 4.79 Å². The van der Waals surface area contributed by atoms with Crippen molar-refractivity contribution in [1.82, 2.24) is 14.7 Å². The highest BCUT2D eigenvalue weighted by Gasteiger charge is 2.38. The number of likely N-dealkylation sites (tertiary alicyclic amines) is 1. The Balaban J connectivity index is 1.56. The average Bonchev–Trinajstić information content (AvgIpc) is 2.71. The van der Waals surface area contributed by atoms with Crippen molar-refractivity contribution in [3.05, 3.63) is 29.8 Å². The zero-order chi connectivity index (χ0) is 21.9. The van der Waals surface area contributed by atoms with E-state index in [1.165, 1.54) is 0 Å². The number of amides is 3. The number of ether oxygens (including phenoxy) is 2. The highest BCUT2D eigenvalue weighted by atomic mass is 16.6. The second-order valence-electron chi connectivity index (χ2n) is 8.74. The summed E-state index contributed by atoms with van der Waals surface area (Å²) in [6, 6.07) is 7.47. The number of hydrogen-bond donors (Lipinski definition) is 0. The van der Waals surface area contributed by atoms with Gasteiger partial charge in [0.2, 0.25) is 0 Å². The van der Waals surface area contributed by atoms with Crippen LogP contribution in [0.5, 0.6) is 5.75 Å². The van der Waals surface area contributed by atoms with Crippen LogP contribution in [0.25, 0.3) is 0 Å². The monoisotopic (exact) mass is 417 g/mol. The van der Waals surface area contributed by atoms with E-state index in [1.54, 1.807) is 21.8 Å². The van der Waals surface area contributed by atoms with E-state index in [4.69, 9.17) is 9.47 Å². The second-order valence-corrected chi connectivity index (χ2v) is 8.74. The molecular weight excluding hydrogens is 386 g/mol. The molecular formula is C22H31N3O5. The summed E-state index contributed by atoms with van der Waals surface area (Å²) in [7, 11) is 1.59. The first-order valence-electron chi connectivity index (χ1n) is 10.4. The molecule has 1 aromatic carbocycles. The van der Waals surface area contributed by atoms with Crippen LogP contribution < -0.4 is 4.74 Å². The van der Waals surface area contributed by atoms with Crippen molar-refractivity contribution in [1.29, 1.82) is 0 Å². The molecule has 1 aromatic rings. The minimum Gasteiger partial charge on any atom is -0.496 e. The van der Waals surface area contributed by atoms with Crippen LogP contribution in [0.4, 0.5) is 4.79 Å². The lowest BCUT2D eigenvalue weighted by molar-refractivity contribution is -0.158. The number of nitrogens with zero attached hydrogens (tertiary/aromatic N) is 3. The zero-order valence-electron chi connectivity index (χ0n) is 18.2. The topological polar surface area (TPSA) is 79.4 Å². The number of para-hydroxylation sites is 1. The summed E-state index contributed by atoms with van der Waals surface area (Å²) in [5.41, 5.74) is 0.342. The van der Waals surface area contributed by atoms with Crippen LogP contribution in [0.1, 0.15) is 39.2 Å². The van der Waals surface area contributed by atoms with Crippen LogP contribution >= 0.6 is 0 Å². The molecule has 164 valence electrons. The standard InChI is InChI=1S/C22H31N3O5/c1-22(2,3)30-21(28)23-11-9-17(10-12-23)25-14-13-24(19(26)20(25)27)15-16-7-5-6-8-18(16)29-4/h5-8,17H,9-15H2,1-4H3. The van der Waals surface area contributed by atoms with Gasteiger partial charge >= 0.3 is 17.9 Å². The number of rotatable bonds is 4. The molecule has 2 fully saturated rings. The Hall–Kier alpha value is -2.77. The molecule has 2 heterocycles. The quantitative estimate of drug-likeness (QED) is 0.702. The van der Waals surface area contributed by atoms with E-state index in [-0.39, 0.29) is 12.1 Å². The van der Waals surface area contributed by atoms with Gasteiger partial charge < -0.3 is 24.2 Å².